The first-order chi connectivity index (χ1) is 12.3. The van der Waals surface area contributed by atoms with Crippen molar-refractivity contribution in [3.05, 3.63) is 57.3 Å². The molecule has 2 aromatic rings. The highest BCUT2D eigenvalue weighted by Crippen LogP contribution is 2.29. The maximum absolute atomic E-state index is 12.2. The van der Waals surface area contributed by atoms with Crippen molar-refractivity contribution in [2.24, 2.45) is 0 Å². The number of nitro groups is 1. The number of rotatable bonds is 3. The highest BCUT2D eigenvalue weighted by Gasteiger charge is 2.31. The summed E-state index contributed by atoms with van der Waals surface area (Å²) in [6.45, 7) is 1.65. The van der Waals surface area contributed by atoms with Crippen molar-refractivity contribution in [2.75, 3.05) is 7.05 Å². The lowest BCUT2D eigenvalue weighted by molar-refractivity contribution is -0.385. The average molecular weight is 371 g/mol. The summed E-state index contributed by atoms with van der Waals surface area (Å²) in [5.41, 5.74) is 0.924. The van der Waals surface area contributed by atoms with Crippen LogP contribution < -0.4 is 5.32 Å². The van der Waals surface area contributed by atoms with Crippen molar-refractivity contribution < 1.29 is 18.9 Å². The Bertz CT molecular complexity index is 992. The summed E-state index contributed by atoms with van der Waals surface area (Å²) in [6, 6.07) is 7.92. The Hall–Kier alpha value is -3.33. The van der Waals surface area contributed by atoms with Crippen LogP contribution in [0, 0.1) is 17.0 Å². The summed E-state index contributed by atoms with van der Waals surface area (Å²) in [4.78, 5) is 35.9. The van der Waals surface area contributed by atoms with Crippen LogP contribution in [-0.2, 0) is 9.59 Å². The third-order valence-corrected chi connectivity index (χ3v) is 4.28. The number of hydrogen-bond donors (Lipinski definition) is 1. The molecule has 8 nitrogen and oxygen atoms in total. The van der Waals surface area contributed by atoms with Gasteiger partial charge in [-0.15, -0.1) is 0 Å². The first-order valence-corrected chi connectivity index (χ1v) is 7.89. The van der Waals surface area contributed by atoms with Gasteiger partial charge in [-0.2, -0.15) is 0 Å². The van der Waals surface area contributed by atoms with Crippen molar-refractivity contribution in [1.29, 1.82) is 0 Å². The fraction of sp³-hybridized carbons (Fsp3) is 0.118. The number of nitrogens with one attached hydrogen (secondary N) is 1. The van der Waals surface area contributed by atoms with Gasteiger partial charge in [-0.1, -0.05) is 12.1 Å². The Morgan fingerprint density at radius 3 is 2.69 bits per heavy atom. The van der Waals surface area contributed by atoms with E-state index in [1.165, 1.54) is 19.2 Å². The molecule has 0 spiro atoms. The van der Waals surface area contributed by atoms with E-state index in [4.69, 9.17) is 16.6 Å². The summed E-state index contributed by atoms with van der Waals surface area (Å²) < 4.78 is 5.62. The molecule has 1 N–H and O–H groups in total. The summed E-state index contributed by atoms with van der Waals surface area (Å²) in [7, 11) is 1.46. The second-order valence-electron chi connectivity index (χ2n) is 5.64. The van der Waals surface area contributed by atoms with Gasteiger partial charge in [0.2, 0.25) is 0 Å². The number of hydrogen-bond acceptors (Lipinski definition) is 6. The van der Waals surface area contributed by atoms with Crippen LogP contribution >= 0.6 is 12.2 Å². The molecule has 132 valence electrons. The second-order valence-corrected chi connectivity index (χ2v) is 6.03. The number of aryl methyl sites for hydroxylation is 1. The minimum Gasteiger partial charge on any atom is -0.457 e. The zero-order valence-electron chi connectivity index (χ0n) is 13.8. The molecule has 1 aromatic carbocycles. The third-order valence-electron chi connectivity index (χ3n) is 3.91. The topological polar surface area (TPSA) is 106 Å². The quantitative estimate of drug-likeness (QED) is 0.292. The van der Waals surface area contributed by atoms with Gasteiger partial charge in [0.05, 0.1) is 4.92 Å². The standard InChI is InChI=1S/C17H13N3O5S/c1-9-3-4-10(7-13(9)20(23)24)14-6-5-11(25-14)8-12-15(21)18-17(26)19(2)16(12)22/h3-8H,1-2H3,(H,18,21,26)/b12-8+. The minimum absolute atomic E-state index is 0.0178. The number of furan rings is 1. The van der Waals surface area contributed by atoms with Crippen molar-refractivity contribution in [2.45, 2.75) is 6.92 Å². The molecule has 0 aliphatic carbocycles. The van der Waals surface area contributed by atoms with Crippen LogP contribution in [0.25, 0.3) is 17.4 Å². The molecule has 1 aliphatic heterocycles. The monoisotopic (exact) mass is 371 g/mol. The molecule has 0 radical (unpaired) electrons. The number of nitrogens with zero attached hydrogens (tertiary/aromatic N) is 2. The number of benzene rings is 1. The van der Waals surface area contributed by atoms with Gasteiger partial charge in [0.25, 0.3) is 17.5 Å². The van der Waals surface area contributed by atoms with Crippen molar-refractivity contribution >= 4 is 40.9 Å². The number of carbonyl (C=O) groups is 2. The van der Waals surface area contributed by atoms with Gasteiger partial charge in [0.1, 0.15) is 17.1 Å². The summed E-state index contributed by atoms with van der Waals surface area (Å²) >= 11 is 4.88. The van der Waals surface area contributed by atoms with Crippen molar-refractivity contribution in [3.63, 3.8) is 0 Å². The largest absolute Gasteiger partial charge is 0.457 e. The predicted octanol–water partition coefficient (Wildman–Crippen LogP) is 2.42. The third kappa shape index (κ3) is 3.11. The summed E-state index contributed by atoms with van der Waals surface area (Å²) in [5.74, 6) is -0.500. The van der Waals surface area contributed by atoms with E-state index >= 15 is 0 Å². The first-order valence-electron chi connectivity index (χ1n) is 7.48. The van der Waals surface area contributed by atoms with E-state index in [1.54, 1.807) is 31.2 Å². The molecule has 1 saturated heterocycles. The molecule has 2 heterocycles. The molecule has 1 fully saturated rings. The van der Waals surface area contributed by atoms with E-state index in [1.807, 2.05) is 0 Å². The first kappa shape index (κ1) is 17.5. The normalized spacial score (nSPS) is 16.2. The highest BCUT2D eigenvalue weighted by atomic mass is 32.1. The second kappa shape index (κ2) is 6.52. The Labute approximate surface area is 153 Å². The molecule has 1 aromatic heterocycles. The van der Waals surface area contributed by atoms with Gasteiger partial charge in [-0.05, 0) is 37.4 Å². The zero-order valence-corrected chi connectivity index (χ0v) is 14.6. The molecule has 1 aliphatic rings. The van der Waals surface area contributed by atoms with Crippen LogP contribution in [0.1, 0.15) is 11.3 Å². The summed E-state index contributed by atoms with van der Waals surface area (Å²) in [6.07, 6.45) is 1.31. The SMILES string of the molecule is Cc1ccc(-c2ccc(/C=C3\C(=O)NC(=S)N(C)C3=O)o2)cc1[N+](=O)[O-]. The molecular formula is C17H13N3O5S. The zero-order chi connectivity index (χ0) is 19.0. The molecule has 26 heavy (non-hydrogen) atoms. The minimum atomic E-state index is -0.609. The van der Waals surface area contributed by atoms with Gasteiger partial charge in [0, 0.05) is 24.2 Å². The van der Waals surface area contributed by atoms with Gasteiger partial charge >= 0.3 is 0 Å². The van der Waals surface area contributed by atoms with Crippen LogP contribution in [0.2, 0.25) is 0 Å². The van der Waals surface area contributed by atoms with Crippen LogP contribution in [0.5, 0.6) is 0 Å². The molecule has 3 rings (SSSR count). The lowest BCUT2D eigenvalue weighted by Crippen LogP contribution is -2.52. The van der Waals surface area contributed by atoms with E-state index in [0.717, 1.165) is 4.90 Å². The lowest BCUT2D eigenvalue weighted by Gasteiger charge is -2.24. The van der Waals surface area contributed by atoms with Gasteiger partial charge in [-0.25, -0.2) is 0 Å². The molecule has 9 heteroatoms. The van der Waals surface area contributed by atoms with E-state index in [0.29, 0.717) is 16.9 Å². The van der Waals surface area contributed by atoms with Gasteiger partial charge in [0.15, 0.2) is 5.11 Å². The predicted molar refractivity (Wildman–Crippen MR) is 97.0 cm³/mol. The maximum atomic E-state index is 12.2. The molecule has 0 saturated carbocycles. The molecule has 0 bridgehead atoms. The van der Waals surface area contributed by atoms with Crippen molar-refractivity contribution in [3.8, 4) is 11.3 Å². The average Bonchev–Trinajstić information content (AvgIpc) is 3.05. The van der Waals surface area contributed by atoms with Crippen LogP contribution in [0.3, 0.4) is 0 Å². The van der Waals surface area contributed by atoms with E-state index in [2.05, 4.69) is 5.32 Å². The highest BCUT2D eigenvalue weighted by molar-refractivity contribution is 7.80. The number of carbonyl (C=O) groups excluding carboxylic acids is 2. The fourth-order valence-electron chi connectivity index (χ4n) is 2.43. The van der Waals surface area contributed by atoms with Crippen molar-refractivity contribution in [1.82, 2.24) is 10.2 Å². The summed E-state index contributed by atoms with van der Waals surface area (Å²) in [5, 5.41) is 13.5. The van der Waals surface area contributed by atoms with E-state index in [9.17, 15) is 19.7 Å². The lowest BCUT2D eigenvalue weighted by atomic mass is 10.1. The van der Waals surface area contributed by atoms with E-state index in [-0.39, 0.29) is 22.1 Å². The molecule has 0 unspecified atom stereocenters. The van der Waals surface area contributed by atoms with Crippen LogP contribution in [0.15, 0.2) is 40.3 Å². The number of nitro benzene ring substituents is 1. The van der Waals surface area contributed by atoms with Crippen LogP contribution in [0.4, 0.5) is 5.69 Å². The Morgan fingerprint density at radius 2 is 2.00 bits per heavy atom. The molecular weight excluding hydrogens is 358 g/mol. The van der Waals surface area contributed by atoms with Gasteiger partial charge in [-0.3, -0.25) is 29.9 Å². The smallest absolute Gasteiger partial charge is 0.273 e. The number of thiocarbonyl (C=S) groups is 1. The Balaban J connectivity index is 1.95. The Kier molecular flexibility index (Phi) is 4.39. The van der Waals surface area contributed by atoms with E-state index < -0.39 is 16.7 Å². The fourth-order valence-corrected chi connectivity index (χ4v) is 2.61. The van der Waals surface area contributed by atoms with Gasteiger partial charge < -0.3 is 4.42 Å². The maximum Gasteiger partial charge on any atom is 0.273 e. The van der Waals surface area contributed by atoms with Crippen LogP contribution in [-0.4, -0.2) is 33.8 Å². The molecule has 2 amide bonds. The molecule has 0 atom stereocenters. The number of amides is 2. The Morgan fingerprint density at radius 1 is 1.27 bits per heavy atom. The number of likely N-dealkylation sites (N-methyl/N-ethyl adjacent to an activating group) is 1.